The molecular weight excluding hydrogens is 330 g/mol. The number of nitrogens with one attached hydrogen (secondary N) is 1. The molecule has 1 fully saturated rings. The second-order valence-electron chi connectivity index (χ2n) is 9.35. The fourth-order valence-corrected chi connectivity index (χ4v) is 4.23. The van der Waals surface area contributed by atoms with Crippen LogP contribution >= 0.6 is 0 Å². The van der Waals surface area contributed by atoms with Gasteiger partial charge in [-0.15, -0.1) is 0 Å². The molecule has 1 aliphatic rings. The third-order valence-corrected chi connectivity index (χ3v) is 4.84. The summed E-state index contributed by atoms with van der Waals surface area (Å²) in [6.45, 7) is 14.6. The Morgan fingerprint density at radius 1 is 1.27 bits per heavy atom. The predicted octanol–water partition coefficient (Wildman–Crippen LogP) is 2.71. The van der Waals surface area contributed by atoms with Gasteiger partial charge in [0.05, 0.1) is 0 Å². The molecule has 2 rings (SSSR count). The third kappa shape index (κ3) is 4.89. The first-order chi connectivity index (χ1) is 11.9. The number of rotatable bonds is 4. The molecule has 1 N–H and O–H groups in total. The first kappa shape index (κ1) is 20.5. The maximum atomic E-state index is 12.8. The summed E-state index contributed by atoms with van der Waals surface area (Å²) < 4.78 is 3.11. The molecule has 0 radical (unpaired) electrons. The van der Waals surface area contributed by atoms with Crippen molar-refractivity contribution in [1.29, 1.82) is 0 Å². The zero-order chi connectivity index (χ0) is 19.7. The first-order valence-corrected chi connectivity index (χ1v) is 9.64. The highest BCUT2D eigenvalue weighted by atomic mass is 16.2. The average molecular weight is 366 g/mol. The minimum Gasteiger partial charge on any atom is -0.333 e. The van der Waals surface area contributed by atoms with Gasteiger partial charge in [-0.25, -0.2) is 14.3 Å². The molecule has 0 unspecified atom stereocenters. The van der Waals surface area contributed by atoms with E-state index < -0.39 is 0 Å². The van der Waals surface area contributed by atoms with E-state index in [0.717, 1.165) is 31.6 Å². The molecule has 0 bridgehead atoms. The standard InChI is InChI=1S/C19H35N5O2/c1-8-24-15(21-22(7)17(24)26)14-10-9-11-23(12-14)16(25)20-19(5,6)13-18(2,3)4/h14H,8-13H2,1-7H3,(H,20,25)/t14-/m1/s1. The molecule has 0 aromatic carbocycles. The van der Waals surface area contributed by atoms with Gasteiger partial charge in [0.25, 0.3) is 0 Å². The number of hydrogen-bond donors (Lipinski definition) is 1. The summed E-state index contributed by atoms with van der Waals surface area (Å²) >= 11 is 0. The lowest BCUT2D eigenvalue weighted by Gasteiger charge is -2.38. The molecule has 1 saturated heterocycles. The van der Waals surface area contributed by atoms with Crippen molar-refractivity contribution in [2.24, 2.45) is 12.5 Å². The Labute approximate surface area is 156 Å². The molecule has 7 nitrogen and oxygen atoms in total. The number of carbonyl (C=O) groups is 1. The number of likely N-dealkylation sites (tertiary alicyclic amines) is 1. The molecule has 2 heterocycles. The van der Waals surface area contributed by atoms with Crippen LogP contribution in [0.4, 0.5) is 4.79 Å². The maximum absolute atomic E-state index is 12.8. The lowest BCUT2D eigenvalue weighted by molar-refractivity contribution is 0.159. The second-order valence-corrected chi connectivity index (χ2v) is 9.35. The lowest BCUT2D eigenvalue weighted by Crippen LogP contribution is -2.53. The smallest absolute Gasteiger partial charge is 0.333 e. The zero-order valence-electron chi connectivity index (χ0n) is 17.4. The number of aryl methyl sites for hydroxylation is 1. The fraction of sp³-hybridized carbons (Fsp3) is 0.842. The van der Waals surface area contributed by atoms with Crippen molar-refractivity contribution in [2.75, 3.05) is 13.1 Å². The van der Waals surface area contributed by atoms with Crippen LogP contribution in [0.5, 0.6) is 0 Å². The highest BCUT2D eigenvalue weighted by Gasteiger charge is 2.32. The lowest BCUT2D eigenvalue weighted by atomic mass is 9.82. The molecule has 148 valence electrons. The van der Waals surface area contributed by atoms with Gasteiger partial charge in [-0.05, 0) is 45.4 Å². The van der Waals surface area contributed by atoms with Crippen LogP contribution in [0, 0.1) is 5.41 Å². The van der Waals surface area contributed by atoms with Crippen molar-refractivity contribution in [3.63, 3.8) is 0 Å². The third-order valence-electron chi connectivity index (χ3n) is 4.84. The molecule has 1 atom stereocenters. The summed E-state index contributed by atoms with van der Waals surface area (Å²) in [4.78, 5) is 26.9. The Balaban J connectivity index is 2.10. The number of urea groups is 1. The summed E-state index contributed by atoms with van der Waals surface area (Å²) in [7, 11) is 1.68. The molecular formula is C19H35N5O2. The SMILES string of the molecule is CCn1c([C@@H]2CCCN(C(=O)NC(C)(C)CC(C)(C)C)C2)nn(C)c1=O. The first-order valence-electron chi connectivity index (χ1n) is 9.64. The van der Waals surface area contributed by atoms with Crippen molar-refractivity contribution in [3.05, 3.63) is 16.3 Å². The summed E-state index contributed by atoms with van der Waals surface area (Å²) in [6.07, 6.45) is 2.77. The molecule has 1 aromatic heterocycles. The van der Waals surface area contributed by atoms with E-state index in [1.54, 1.807) is 11.6 Å². The van der Waals surface area contributed by atoms with Gasteiger partial charge in [0.15, 0.2) is 0 Å². The highest BCUT2D eigenvalue weighted by Crippen LogP contribution is 2.28. The van der Waals surface area contributed by atoms with Crippen molar-refractivity contribution in [2.45, 2.75) is 78.8 Å². The van der Waals surface area contributed by atoms with Crippen LogP contribution in [0.15, 0.2) is 4.79 Å². The number of hydrogen-bond acceptors (Lipinski definition) is 3. The molecule has 0 aliphatic carbocycles. The quantitative estimate of drug-likeness (QED) is 0.892. The van der Waals surface area contributed by atoms with Gasteiger partial charge >= 0.3 is 11.7 Å². The van der Waals surface area contributed by atoms with E-state index in [1.807, 2.05) is 11.8 Å². The number of carbonyl (C=O) groups excluding carboxylic acids is 1. The van der Waals surface area contributed by atoms with E-state index in [0.29, 0.717) is 13.1 Å². The van der Waals surface area contributed by atoms with Crippen molar-refractivity contribution in [1.82, 2.24) is 24.6 Å². The zero-order valence-corrected chi connectivity index (χ0v) is 17.4. The van der Waals surface area contributed by atoms with E-state index in [9.17, 15) is 9.59 Å². The number of nitrogens with zero attached hydrogens (tertiary/aromatic N) is 4. The largest absolute Gasteiger partial charge is 0.345 e. The van der Waals surface area contributed by atoms with Gasteiger partial charge in [-0.1, -0.05) is 20.8 Å². The normalized spacial score (nSPS) is 18.9. The number of piperidine rings is 1. The van der Waals surface area contributed by atoms with Gasteiger partial charge < -0.3 is 10.2 Å². The second kappa shape index (κ2) is 7.45. The summed E-state index contributed by atoms with van der Waals surface area (Å²) in [5, 5.41) is 7.62. The minimum atomic E-state index is -0.265. The van der Waals surface area contributed by atoms with Crippen molar-refractivity contribution >= 4 is 6.03 Å². The highest BCUT2D eigenvalue weighted by molar-refractivity contribution is 5.75. The number of aromatic nitrogens is 3. The van der Waals surface area contributed by atoms with Crippen LogP contribution in [0.2, 0.25) is 0 Å². The fourth-order valence-electron chi connectivity index (χ4n) is 4.23. The van der Waals surface area contributed by atoms with Crippen LogP contribution in [0.3, 0.4) is 0 Å². The summed E-state index contributed by atoms with van der Waals surface area (Å²) in [5.41, 5.74) is -0.207. The van der Waals surface area contributed by atoms with Gasteiger partial charge in [-0.2, -0.15) is 5.10 Å². The van der Waals surface area contributed by atoms with Gasteiger partial charge in [0.1, 0.15) is 5.82 Å². The molecule has 2 amide bonds. The maximum Gasteiger partial charge on any atom is 0.345 e. The van der Waals surface area contributed by atoms with Crippen molar-refractivity contribution < 1.29 is 4.79 Å². The molecule has 1 aliphatic heterocycles. The monoisotopic (exact) mass is 365 g/mol. The Kier molecular flexibility index (Phi) is 5.88. The Bertz CT molecular complexity index is 696. The van der Waals surface area contributed by atoms with Crippen LogP contribution in [-0.4, -0.2) is 43.9 Å². The van der Waals surface area contributed by atoms with Crippen LogP contribution in [0.1, 0.15) is 72.5 Å². The van der Waals surface area contributed by atoms with Gasteiger partial charge in [0, 0.05) is 38.1 Å². The van der Waals surface area contributed by atoms with Gasteiger partial charge in [-0.3, -0.25) is 4.57 Å². The Morgan fingerprint density at radius 3 is 2.50 bits per heavy atom. The number of amides is 2. The Hall–Kier alpha value is -1.79. The van der Waals surface area contributed by atoms with E-state index in [1.165, 1.54) is 4.68 Å². The van der Waals surface area contributed by atoms with Crippen LogP contribution < -0.4 is 11.0 Å². The molecule has 26 heavy (non-hydrogen) atoms. The van der Waals surface area contributed by atoms with E-state index in [2.05, 4.69) is 45.0 Å². The van der Waals surface area contributed by atoms with Crippen LogP contribution in [-0.2, 0) is 13.6 Å². The average Bonchev–Trinajstić information content (AvgIpc) is 2.79. The minimum absolute atomic E-state index is 0.0229. The Morgan fingerprint density at radius 2 is 1.92 bits per heavy atom. The summed E-state index contributed by atoms with van der Waals surface area (Å²) in [5.74, 6) is 0.903. The van der Waals surface area contributed by atoms with Crippen LogP contribution in [0.25, 0.3) is 0 Å². The van der Waals surface area contributed by atoms with Gasteiger partial charge in [0.2, 0.25) is 0 Å². The molecule has 0 saturated carbocycles. The van der Waals surface area contributed by atoms with E-state index in [4.69, 9.17) is 0 Å². The molecule has 1 aromatic rings. The topological polar surface area (TPSA) is 72.2 Å². The van der Waals surface area contributed by atoms with E-state index >= 15 is 0 Å². The summed E-state index contributed by atoms with van der Waals surface area (Å²) in [6, 6.07) is -0.0229. The van der Waals surface area contributed by atoms with E-state index in [-0.39, 0.29) is 28.6 Å². The molecule has 0 spiro atoms. The van der Waals surface area contributed by atoms with Crippen molar-refractivity contribution in [3.8, 4) is 0 Å². The molecule has 7 heteroatoms. The predicted molar refractivity (Wildman–Crippen MR) is 103 cm³/mol.